The maximum atomic E-state index is 12.9. The van der Waals surface area contributed by atoms with Gasteiger partial charge in [-0.15, -0.1) is 0 Å². The van der Waals surface area contributed by atoms with Gasteiger partial charge in [-0.05, 0) is 34.6 Å². The molecule has 1 unspecified atom stereocenters. The van der Waals surface area contributed by atoms with Gasteiger partial charge in [0.2, 0.25) is 0 Å². The summed E-state index contributed by atoms with van der Waals surface area (Å²) >= 11 is 0. The van der Waals surface area contributed by atoms with Crippen LogP contribution in [0.1, 0.15) is 67.8 Å². The van der Waals surface area contributed by atoms with Gasteiger partial charge >= 0.3 is 6.03 Å². The molecule has 0 aliphatic heterocycles. The normalized spacial score (nSPS) is 12.1. The quantitative estimate of drug-likeness (QED) is 0.253. The summed E-state index contributed by atoms with van der Waals surface area (Å²) in [6, 6.07) is 20.4. The summed E-state index contributed by atoms with van der Waals surface area (Å²) in [6.45, 7) is 9.15. The van der Waals surface area contributed by atoms with Crippen LogP contribution in [0.2, 0.25) is 0 Å². The second-order valence-electron chi connectivity index (χ2n) is 9.08. The van der Waals surface area contributed by atoms with Gasteiger partial charge < -0.3 is 26.2 Å². The minimum atomic E-state index is -0.266. The smallest absolute Gasteiger partial charge is 0.319 e. The lowest BCUT2D eigenvalue weighted by atomic mass is 9.93. The van der Waals surface area contributed by atoms with E-state index < -0.39 is 0 Å². The van der Waals surface area contributed by atoms with Crippen LogP contribution in [0.3, 0.4) is 0 Å². The summed E-state index contributed by atoms with van der Waals surface area (Å²) in [6.07, 6.45) is 0. The number of hydrogen-bond acceptors (Lipinski definition) is 4. The van der Waals surface area contributed by atoms with Gasteiger partial charge in [0, 0.05) is 30.4 Å². The molecule has 3 rings (SSSR count). The molecule has 6 nitrogen and oxygen atoms in total. The van der Waals surface area contributed by atoms with E-state index in [2.05, 4.69) is 55.8 Å². The van der Waals surface area contributed by atoms with Crippen LogP contribution in [-0.4, -0.2) is 22.8 Å². The molecule has 180 valence electrons. The number of urea groups is 1. The van der Waals surface area contributed by atoms with E-state index in [0.717, 1.165) is 22.4 Å². The number of aromatic hydroxyl groups is 2. The number of nitrogens with one attached hydrogen (secondary N) is 3. The van der Waals surface area contributed by atoms with E-state index in [9.17, 15) is 15.0 Å². The summed E-state index contributed by atoms with van der Waals surface area (Å²) in [4.78, 5) is 12.9. The fourth-order valence-electron chi connectivity index (χ4n) is 3.99. The predicted molar refractivity (Wildman–Crippen MR) is 137 cm³/mol. The third-order valence-electron chi connectivity index (χ3n) is 5.92. The standard InChI is InChI=1S/C28H35N3O3/c1-18(2)22-13-9-14-23(19(3)4)26(22)31-28(34)30-17-24(20-10-6-5-7-11-20)29-16-21-12-8-15-25(32)27(21)33/h5-15,18-19,24,29,32-33H,16-17H2,1-4H3,(H2,30,31,34). The highest BCUT2D eigenvalue weighted by Crippen LogP contribution is 2.32. The minimum absolute atomic E-state index is 0.140. The van der Waals surface area contributed by atoms with Crippen molar-refractivity contribution in [3.63, 3.8) is 0 Å². The Morgan fingerprint density at radius 1 is 0.824 bits per heavy atom. The van der Waals surface area contributed by atoms with Gasteiger partial charge in [0.15, 0.2) is 11.5 Å². The van der Waals surface area contributed by atoms with Gasteiger partial charge in [-0.1, -0.05) is 88.4 Å². The molecule has 6 heteroatoms. The number of carbonyl (C=O) groups excluding carboxylic acids is 1. The van der Waals surface area contributed by atoms with Crippen molar-refractivity contribution in [1.82, 2.24) is 10.6 Å². The van der Waals surface area contributed by atoms with E-state index in [1.54, 1.807) is 12.1 Å². The highest BCUT2D eigenvalue weighted by atomic mass is 16.3. The molecule has 0 radical (unpaired) electrons. The lowest BCUT2D eigenvalue weighted by Crippen LogP contribution is -2.37. The first-order chi connectivity index (χ1) is 16.3. The van der Waals surface area contributed by atoms with Crippen LogP contribution < -0.4 is 16.0 Å². The molecular formula is C28H35N3O3. The minimum Gasteiger partial charge on any atom is -0.504 e. The van der Waals surface area contributed by atoms with Gasteiger partial charge in [-0.25, -0.2) is 4.79 Å². The average Bonchev–Trinajstić information content (AvgIpc) is 2.82. The SMILES string of the molecule is CC(C)c1cccc(C(C)C)c1NC(=O)NCC(NCc1cccc(O)c1O)c1ccccc1. The summed E-state index contributed by atoms with van der Waals surface area (Å²) in [5.41, 5.74) is 4.68. The number of rotatable bonds is 9. The third-order valence-corrected chi connectivity index (χ3v) is 5.92. The highest BCUT2D eigenvalue weighted by Gasteiger charge is 2.18. The van der Waals surface area contributed by atoms with E-state index in [4.69, 9.17) is 0 Å². The predicted octanol–water partition coefficient (Wildman–Crippen LogP) is 6.00. The maximum absolute atomic E-state index is 12.9. The third kappa shape index (κ3) is 6.29. The summed E-state index contributed by atoms with van der Waals surface area (Å²) < 4.78 is 0. The highest BCUT2D eigenvalue weighted by molar-refractivity contribution is 5.91. The lowest BCUT2D eigenvalue weighted by Gasteiger charge is -2.23. The first kappa shape index (κ1) is 25.1. The molecule has 0 saturated carbocycles. The van der Waals surface area contributed by atoms with E-state index in [1.807, 2.05) is 36.4 Å². The molecular weight excluding hydrogens is 426 g/mol. The van der Waals surface area contributed by atoms with Crippen LogP contribution in [0, 0.1) is 0 Å². The zero-order chi connectivity index (χ0) is 24.7. The van der Waals surface area contributed by atoms with E-state index in [-0.39, 0.29) is 35.4 Å². The summed E-state index contributed by atoms with van der Waals surface area (Å²) in [5, 5.41) is 29.4. The largest absolute Gasteiger partial charge is 0.504 e. The van der Waals surface area contributed by atoms with Crippen molar-refractivity contribution in [3.8, 4) is 11.5 Å². The summed E-state index contributed by atoms with van der Waals surface area (Å²) in [5.74, 6) is 0.266. The first-order valence-electron chi connectivity index (χ1n) is 11.7. The van der Waals surface area contributed by atoms with Gasteiger partial charge in [-0.3, -0.25) is 0 Å². The Hall–Kier alpha value is -3.51. The molecule has 0 spiro atoms. The van der Waals surface area contributed by atoms with Crippen LogP contribution >= 0.6 is 0 Å². The molecule has 3 aromatic rings. The second kappa shape index (κ2) is 11.6. The van der Waals surface area contributed by atoms with E-state index >= 15 is 0 Å². The van der Waals surface area contributed by atoms with Crippen LogP contribution in [-0.2, 0) is 6.54 Å². The number of carbonyl (C=O) groups is 1. The van der Waals surface area contributed by atoms with Crippen molar-refractivity contribution in [2.45, 2.75) is 52.1 Å². The number of amides is 2. The molecule has 0 bridgehead atoms. The van der Waals surface area contributed by atoms with Crippen molar-refractivity contribution < 1.29 is 15.0 Å². The van der Waals surface area contributed by atoms with Crippen LogP contribution in [0.15, 0.2) is 66.7 Å². The Balaban J connectivity index is 1.73. The Morgan fingerprint density at radius 2 is 1.44 bits per heavy atom. The molecule has 0 aliphatic rings. The Kier molecular flexibility index (Phi) is 8.55. The molecule has 0 aliphatic carbocycles. The molecule has 0 aromatic heterocycles. The maximum Gasteiger partial charge on any atom is 0.319 e. The molecule has 1 atom stereocenters. The van der Waals surface area contributed by atoms with Crippen LogP contribution in [0.25, 0.3) is 0 Å². The molecule has 0 saturated heterocycles. The number of para-hydroxylation sites is 2. The average molecular weight is 462 g/mol. The van der Waals surface area contributed by atoms with Gasteiger partial charge in [0.25, 0.3) is 0 Å². The molecule has 34 heavy (non-hydrogen) atoms. The van der Waals surface area contributed by atoms with Gasteiger partial charge in [-0.2, -0.15) is 0 Å². The molecule has 5 N–H and O–H groups in total. The Labute approximate surface area is 202 Å². The van der Waals surface area contributed by atoms with Crippen LogP contribution in [0.4, 0.5) is 10.5 Å². The second-order valence-corrected chi connectivity index (χ2v) is 9.08. The number of phenols is 2. The molecule has 0 heterocycles. The van der Waals surface area contributed by atoms with E-state index in [0.29, 0.717) is 18.7 Å². The van der Waals surface area contributed by atoms with Crippen molar-refractivity contribution in [2.75, 3.05) is 11.9 Å². The number of benzene rings is 3. The fraction of sp³-hybridized carbons (Fsp3) is 0.321. The summed E-state index contributed by atoms with van der Waals surface area (Å²) in [7, 11) is 0. The van der Waals surface area contributed by atoms with Crippen molar-refractivity contribution in [3.05, 3.63) is 89.0 Å². The van der Waals surface area contributed by atoms with Crippen molar-refractivity contribution >= 4 is 11.7 Å². The lowest BCUT2D eigenvalue weighted by molar-refractivity contribution is 0.250. The topological polar surface area (TPSA) is 93.6 Å². The first-order valence-corrected chi connectivity index (χ1v) is 11.7. The van der Waals surface area contributed by atoms with Gasteiger partial charge in [0.05, 0.1) is 0 Å². The zero-order valence-corrected chi connectivity index (χ0v) is 20.3. The molecule has 0 fully saturated rings. The Morgan fingerprint density at radius 3 is 2.06 bits per heavy atom. The van der Waals surface area contributed by atoms with Crippen LogP contribution in [0.5, 0.6) is 11.5 Å². The van der Waals surface area contributed by atoms with Crippen molar-refractivity contribution in [1.29, 1.82) is 0 Å². The fourth-order valence-corrected chi connectivity index (χ4v) is 3.99. The molecule has 2 amide bonds. The Bertz CT molecular complexity index is 1070. The van der Waals surface area contributed by atoms with E-state index in [1.165, 1.54) is 6.07 Å². The van der Waals surface area contributed by atoms with Gasteiger partial charge in [0.1, 0.15) is 0 Å². The number of hydrogen-bond donors (Lipinski definition) is 5. The molecule has 3 aromatic carbocycles. The monoisotopic (exact) mass is 461 g/mol. The number of phenolic OH excluding ortho intramolecular Hbond substituents is 2. The van der Waals surface area contributed by atoms with Crippen molar-refractivity contribution in [2.24, 2.45) is 0 Å². The number of anilines is 1. The zero-order valence-electron chi connectivity index (χ0n) is 20.3.